The number of carbonyl (C=O) groups is 1. The molecule has 0 N–H and O–H groups in total. The van der Waals surface area contributed by atoms with Crippen molar-refractivity contribution >= 4 is 5.97 Å². The fraction of sp³-hybridized carbons (Fsp3) is 0.412. The van der Waals surface area contributed by atoms with E-state index in [0.717, 1.165) is 36.0 Å². The summed E-state index contributed by atoms with van der Waals surface area (Å²) in [7, 11) is 0. The first kappa shape index (κ1) is 28.2. The maximum absolute atomic E-state index is 12.8. The fourth-order valence-electron chi connectivity index (χ4n) is 4.53. The van der Waals surface area contributed by atoms with Gasteiger partial charge in [0.15, 0.2) is 0 Å². The monoisotopic (exact) mass is 495 g/mol. The average Bonchev–Trinajstić information content (AvgIpc) is 2.93. The van der Waals surface area contributed by atoms with Gasteiger partial charge < -0.3 is 4.74 Å². The molecule has 0 amide bonds. The van der Waals surface area contributed by atoms with E-state index >= 15 is 0 Å². The molecule has 3 aromatic carbocycles. The molecule has 0 bridgehead atoms. The number of esters is 1. The van der Waals surface area contributed by atoms with Gasteiger partial charge in [-0.25, -0.2) is 4.79 Å². The Hall–Kier alpha value is -3.38. The molecule has 0 heterocycles. The minimum atomic E-state index is -0.452. The lowest BCUT2D eigenvalue weighted by Crippen LogP contribution is -2.09. The molecule has 37 heavy (non-hydrogen) atoms. The first-order valence-corrected chi connectivity index (χ1v) is 14.0. The van der Waals surface area contributed by atoms with Gasteiger partial charge in [0.05, 0.1) is 11.1 Å². The quantitative estimate of drug-likeness (QED) is 0.127. The van der Waals surface area contributed by atoms with E-state index in [2.05, 4.69) is 51.1 Å². The molecule has 3 aromatic rings. The Bertz CT molecular complexity index is 1160. The maximum atomic E-state index is 12.8. The van der Waals surface area contributed by atoms with E-state index in [1.54, 1.807) is 18.2 Å². The van der Waals surface area contributed by atoms with Gasteiger partial charge in [-0.05, 0) is 71.7 Å². The van der Waals surface area contributed by atoms with Gasteiger partial charge in [0.25, 0.3) is 0 Å². The van der Waals surface area contributed by atoms with Crippen molar-refractivity contribution < 1.29 is 9.53 Å². The van der Waals surface area contributed by atoms with Gasteiger partial charge in [0.1, 0.15) is 11.8 Å². The molecule has 1 unspecified atom stereocenters. The highest BCUT2D eigenvalue weighted by atomic mass is 16.5. The summed E-state index contributed by atoms with van der Waals surface area (Å²) in [4.78, 5) is 12.8. The summed E-state index contributed by atoms with van der Waals surface area (Å²) >= 11 is 0. The molecule has 0 aliphatic carbocycles. The summed E-state index contributed by atoms with van der Waals surface area (Å²) in [6.07, 6.45) is 12.0. The second-order valence-electron chi connectivity index (χ2n) is 10.2. The van der Waals surface area contributed by atoms with Crippen LogP contribution in [0, 0.1) is 17.2 Å². The number of benzene rings is 3. The topological polar surface area (TPSA) is 50.1 Å². The van der Waals surface area contributed by atoms with Crippen LogP contribution in [0.2, 0.25) is 0 Å². The molecule has 0 fully saturated rings. The van der Waals surface area contributed by atoms with Gasteiger partial charge >= 0.3 is 5.97 Å². The van der Waals surface area contributed by atoms with Gasteiger partial charge in [-0.1, -0.05) is 108 Å². The SMILES string of the molecule is CCCCCCCCCc1ccc(OC(=O)c2ccc(-c3ccc(CC(C)CC)cc3)cc2)c(C#N)c1. The Kier molecular flexibility index (Phi) is 11.4. The molecule has 194 valence electrons. The minimum Gasteiger partial charge on any atom is -0.422 e. The van der Waals surface area contributed by atoms with E-state index in [0.29, 0.717) is 22.8 Å². The normalized spacial score (nSPS) is 11.6. The van der Waals surface area contributed by atoms with Gasteiger partial charge in [-0.3, -0.25) is 0 Å². The van der Waals surface area contributed by atoms with Gasteiger partial charge in [0.2, 0.25) is 0 Å². The number of hydrogen-bond acceptors (Lipinski definition) is 3. The summed E-state index contributed by atoms with van der Waals surface area (Å²) in [6, 6.07) is 23.9. The molecule has 0 spiro atoms. The molecule has 3 rings (SSSR count). The molecular formula is C34H41NO2. The Morgan fingerprint density at radius 2 is 1.41 bits per heavy atom. The number of unbranched alkanes of at least 4 members (excludes halogenated alkanes) is 6. The number of nitrogens with zero attached hydrogens (tertiary/aromatic N) is 1. The first-order valence-electron chi connectivity index (χ1n) is 14.0. The highest BCUT2D eigenvalue weighted by Gasteiger charge is 2.13. The van der Waals surface area contributed by atoms with Crippen molar-refractivity contribution in [2.24, 2.45) is 5.92 Å². The van der Waals surface area contributed by atoms with E-state index in [-0.39, 0.29) is 0 Å². The molecule has 0 radical (unpaired) electrons. The van der Waals surface area contributed by atoms with Crippen LogP contribution < -0.4 is 4.74 Å². The number of rotatable bonds is 14. The largest absolute Gasteiger partial charge is 0.422 e. The summed E-state index contributed by atoms with van der Waals surface area (Å²) < 4.78 is 5.61. The number of hydrogen-bond donors (Lipinski definition) is 0. The van der Waals surface area contributed by atoms with Crippen molar-refractivity contribution in [3.8, 4) is 22.9 Å². The zero-order chi connectivity index (χ0) is 26.5. The number of aryl methyl sites for hydroxylation is 1. The number of nitriles is 1. The van der Waals surface area contributed by atoms with E-state index in [9.17, 15) is 10.1 Å². The predicted octanol–water partition coefficient (Wildman–Crippen LogP) is 9.33. The van der Waals surface area contributed by atoms with E-state index in [4.69, 9.17) is 4.74 Å². The molecule has 3 heteroatoms. The van der Waals surface area contributed by atoms with Crippen LogP contribution in [0.3, 0.4) is 0 Å². The molecule has 0 aromatic heterocycles. The Labute approximate surface area is 223 Å². The molecule has 3 nitrogen and oxygen atoms in total. The van der Waals surface area contributed by atoms with Crippen LogP contribution in [-0.2, 0) is 12.8 Å². The predicted molar refractivity (Wildman–Crippen MR) is 153 cm³/mol. The van der Waals surface area contributed by atoms with E-state index < -0.39 is 5.97 Å². The van der Waals surface area contributed by atoms with Crippen molar-refractivity contribution in [3.05, 3.63) is 89.0 Å². The zero-order valence-corrected chi connectivity index (χ0v) is 22.8. The number of carbonyl (C=O) groups excluding carboxylic acids is 1. The van der Waals surface area contributed by atoms with Crippen LogP contribution in [0.5, 0.6) is 5.75 Å². The van der Waals surface area contributed by atoms with Crippen LogP contribution in [0.25, 0.3) is 11.1 Å². The molecule has 0 aliphatic heterocycles. The highest BCUT2D eigenvalue weighted by Crippen LogP contribution is 2.24. The summed E-state index contributed by atoms with van der Waals surface area (Å²) in [6.45, 7) is 6.73. The Morgan fingerprint density at radius 1 is 0.811 bits per heavy atom. The van der Waals surface area contributed by atoms with Crippen molar-refractivity contribution in [2.45, 2.75) is 85.0 Å². The average molecular weight is 496 g/mol. The lowest BCUT2D eigenvalue weighted by atomic mass is 9.96. The second kappa shape index (κ2) is 15.0. The third-order valence-electron chi connectivity index (χ3n) is 7.13. The lowest BCUT2D eigenvalue weighted by molar-refractivity contribution is 0.0734. The van der Waals surface area contributed by atoms with Crippen LogP contribution in [-0.4, -0.2) is 5.97 Å². The van der Waals surface area contributed by atoms with Crippen LogP contribution in [0.4, 0.5) is 0 Å². The van der Waals surface area contributed by atoms with Crippen molar-refractivity contribution in [2.75, 3.05) is 0 Å². The molecule has 1 atom stereocenters. The molecule has 0 aliphatic rings. The van der Waals surface area contributed by atoms with E-state index in [1.165, 1.54) is 50.5 Å². The second-order valence-corrected chi connectivity index (χ2v) is 10.2. The summed E-state index contributed by atoms with van der Waals surface area (Å²) in [5, 5.41) is 9.62. The third kappa shape index (κ3) is 8.90. The number of ether oxygens (including phenoxy) is 1. The Balaban J connectivity index is 1.56. The van der Waals surface area contributed by atoms with Gasteiger partial charge in [-0.2, -0.15) is 5.26 Å². The first-order chi connectivity index (χ1) is 18.0. The van der Waals surface area contributed by atoms with Crippen LogP contribution in [0.1, 0.15) is 99.2 Å². The molecule has 0 saturated heterocycles. The van der Waals surface area contributed by atoms with Crippen molar-refractivity contribution in [1.29, 1.82) is 5.26 Å². The Morgan fingerprint density at radius 3 is 2.03 bits per heavy atom. The van der Waals surface area contributed by atoms with Gasteiger partial charge in [0, 0.05) is 0 Å². The highest BCUT2D eigenvalue weighted by molar-refractivity contribution is 5.92. The minimum absolute atomic E-state index is 0.316. The lowest BCUT2D eigenvalue weighted by Gasteiger charge is -2.10. The van der Waals surface area contributed by atoms with Crippen LogP contribution >= 0.6 is 0 Å². The summed E-state index contributed by atoms with van der Waals surface area (Å²) in [5.74, 6) is 0.544. The maximum Gasteiger partial charge on any atom is 0.343 e. The molecule has 0 saturated carbocycles. The molecular weight excluding hydrogens is 454 g/mol. The smallest absolute Gasteiger partial charge is 0.343 e. The van der Waals surface area contributed by atoms with Crippen molar-refractivity contribution in [3.63, 3.8) is 0 Å². The zero-order valence-electron chi connectivity index (χ0n) is 22.8. The van der Waals surface area contributed by atoms with Crippen molar-refractivity contribution in [1.82, 2.24) is 0 Å². The summed E-state index contributed by atoms with van der Waals surface area (Å²) in [5.41, 5.74) is 5.51. The fourth-order valence-corrected chi connectivity index (χ4v) is 4.53. The van der Waals surface area contributed by atoms with Crippen LogP contribution in [0.15, 0.2) is 66.7 Å². The van der Waals surface area contributed by atoms with E-state index in [1.807, 2.05) is 24.3 Å². The third-order valence-corrected chi connectivity index (χ3v) is 7.13. The van der Waals surface area contributed by atoms with Gasteiger partial charge in [-0.15, -0.1) is 0 Å². The standard InChI is InChI=1S/C34H41NO2/c1-4-6-7-8-9-10-11-12-27-15-22-33(32(24-27)25-35)37-34(36)31-20-18-30(19-21-31)29-16-13-28(14-17-29)23-26(3)5-2/h13-22,24,26H,4-12,23H2,1-3H3.